The minimum Gasteiger partial charge on any atom is -0.257 e. The van der Waals surface area contributed by atoms with Crippen molar-refractivity contribution in [3.05, 3.63) is 48.0 Å². The highest BCUT2D eigenvalue weighted by molar-refractivity contribution is 7.98. The molecule has 0 amide bonds. The molecule has 0 heterocycles. The Hall–Kier alpha value is -0.990. The Bertz CT molecular complexity index is 590. The van der Waals surface area contributed by atoms with Gasteiger partial charge in [-0.2, -0.15) is 0 Å². The minimum atomic E-state index is 0.387. The van der Waals surface area contributed by atoms with Crippen LogP contribution in [0.15, 0.2) is 42.5 Å². The number of benzene rings is 2. The van der Waals surface area contributed by atoms with Crippen molar-refractivity contribution in [2.24, 2.45) is 5.92 Å². The molecule has 3 unspecified atom stereocenters. The predicted molar refractivity (Wildman–Crippen MR) is 94.5 cm³/mol. The zero-order chi connectivity index (χ0) is 14.7. The summed E-state index contributed by atoms with van der Waals surface area (Å²) >= 11 is 1.96. The van der Waals surface area contributed by atoms with Crippen molar-refractivity contribution >= 4 is 22.7 Å². The molecular weight excluding hydrogens is 274 g/mol. The Kier molecular flexibility index (Phi) is 4.87. The Balaban J connectivity index is 1.68. The van der Waals surface area contributed by atoms with Gasteiger partial charge in [-0.25, -0.2) is 0 Å². The zero-order valence-corrected chi connectivity index (χ0v) is 13.8. The Morgan fingerprint density at radius 1 is 1.10 bits per heavy atom. The van der Waals surface area contributed by atoms with Crippen LogP contribution in [-0.2, 0) is 0 Å². The van der Waals surface area contributed by atoms with Crippen LogP contribution in [0.5, 0.6) is 0 Å². The van der Waals surface area contributed by atoms with Crippen LogP contribution < -0.4 is 4.72 Å². The molecule has 1 saturated carbocycles. The first-order valence-electron chi connectivity index (χ1n) is 8.13. The van der Waals surface area contributed by atoms with Crippen LogP contribution in [0.2, 0.25) is 0 Å². The van der Waals surface area contributed by atoms with Gasteiger partial charge in [0.15, 0.2) is 0 Å². The molecule has 2 heteroatoms. The summed E-state index contributed by atoms with van der Waals surface area (Å²) in [5.74, 6) is 0.894. The summed E-state index contributed by atoms with van der Waals surface area (Å²) in [5, 5.41) is 3.49. The molecule has 0 radical (unpaired) electrons. The van der Waals surface area contributed by atoms with Crippen molar-refractivity contribution in [3.63, 3.8) is 0 Å². The fourth-order valence-corrected chi connectivity index (χ4v) is 4.61. The van der Waals surface area contributed by atoms with Gasteiger partial charge >= 0.3 is 0 Å². The summed E-state index contributed by atoms with van der Waals surface area (Å²) in [4.78, 5) is 0. The summed E-state index contributed by atoms with van der Waals surface area (Å²) in [5.41, 5.74) is 1.41. The van der Waals surface area contributed by atoms with E-state index in [4.69, 9.17) is 0 Å². The van der Waals surface area contributed by atoms with Crippen molar-refractivity contribution < 1.29 is 0 Å². The molecule has 3 atom stereocenters. The first-order valence-corrected chi connectivity index (χ1v) is 9.01. The smallest absolute Gasteiger partial charge is 0.0399 e. The van der Waals surface area contributed by atoms with Crippen LogP contribution in [0.1, 0.15) is 51.1 Å². The highest BCUT2D eigenvalue weighted by atomic mass is 32.2. The van der Waals surface area contributed by atoms with Gasteiger partial charge in [-0.1, -0.05) is 74.2 Å². The van der Waals surface area contributed by atoms with Gasteiger partial charge in [0.05, 0.1) is 0 Å². The highest BCUT2D eigenvalue weighted by Gasteiger charge is 2.20. The molecule has 112 valence electrons. The summed E-state index contributed by atoms with van der Waals surface area (Å²) < 4.78 is 3.70. The van der Waals surface area contributed by atoms with Gasteiger partial charge in [0, 0.05) is 11.3 Å². The van der Waals surface area contributed by atoms with E-state index >= 15 is 0 Å². The molecule has 0 saturated heterocycles. The molecule has 1 aliphatic rings. The molecule has 3 rings (SSSR count). The standard InChI is InChI=1S/C19H25NS/c1-14-7-5-10-17(13-14)21-20-15(2)18-12-6-9-16-8-3-4-11-19(16)18/h3-4,6,8-9,11-12,14-15,17,20H,5,7,10,13H2,1-2H3. The number of fused-ring (bicyclic) bond motifs is 1. The van der Waals surface area contributed by atoms with Gasteiger partial charge in [0.2, 0.25) is 0 Å². The fraction of sp³-hybridized carbons (Fsp3) is 0.474. The van der Waals surface area contributed by atoms with Crippen LogP contribution in [0.4, 0.5) is 0 Å². The maximum absolute atomic E-state index is 3.70. The zero-order valence-electron chi connectivity index (χ0n) is 13.0. The highest BCUT2D eigenvalue weighted by Crippen LogP contribution is 2.32. The van der Waals surface area contributed by atoms with E-state index in [1.54, 1.807) is 0 Å². The van der Waals surface area contributed by atoms with E-state index in [0.717, 1.165) is 11.2 Å². The summed E-state index contributed by atoms with van der Waals surface area (Å²) in [6.45, 7) is 4.67. The molecule has 0 aliphatic heterocycles. The van der Waals surface area contributed by atoms with E-state index in [1.807, 2.05) is 11.9 Å². The van der Waals surface area contributed by atoms with Crippen LogP contribution in [0.25, 0.3) is 10.8 Å². The molecule has 0 aromatic heterocycles. The molecule has 1 fully saturated rings. The normalized spacial score (nSPS) is 24.1. The minimum absolute atomic E-state index is 0.387. The summed E-state index contributed by atoms with van der Waals surface area (Å²) in [6, 6.07) is 15.7. The quantitative estimate of drug-likeness (QED) is 0.725. The summed E-state index contributed by atoms with van der Waals surface area (Å²) in [6.07, 6.45) is 5.53. The third-order valence-corrected chi connectivity index (χ3v) is 5.84. The van der Waals surface area contributed by atoms with Crippen molar-refractivity contribution in [1.29, 1.82) is 0 Å². The third kappa shape index (κ3) is 3.61. The van der Waals surface area contributed by atoms with Crippen LogP contribution >= 0.6 is 11.9 Å². The lowest BCUT2D eigenvalue weighted by Crippen LogP contribution is -2.21. The number of nitrogens with one attached hydrogen (secondary N) is 1. The maximum Gasteiger partial charge on any atom is 0.0399 e. The van der Waals surface area contributed by atoms with Crippen molar-refractivity contribution in [2.45, 2.75) is 50.8 Å². The van der Waals surface area contributed by atoms with Gasteiger partial charge in [-0.05, 0) is 42.0 Å². The van der Waals surface area contributed by atoms with Gasteiger partial charge in [-0.15, -0.1) is 0 Å². The van der Waals surface area contributed by atoms with E-state index in [1.165, 1.54) is 42.0 Å². The monoisotopic (exact) mass is 299 g/mol. The van der Waals surface area contributed by atoms with Crippen molar-refractivity contribution in [3.8, 4) is 0 Å². The molecule has 0 bridgehead atoms. The molecular formula is C19H25NS. The largest absolute Gasteiger partial charge is 0.257 e. The fourth-order valence-electron chi connectivity index (χ4n) is 3.38. The molecule has 1 aliphatic carbocycles. The van der Waals surface area contributed by atoms with Crippen molar-refractivity contribution in [1.82, 2.24) is 4.72 Å². The lowest BCUT2D eigenvalue weighted by atomic mass is 9.91. The lowest BCUT2D eigenvalue weighted by Gasteiger charge is -2.27. The average Bonchev–Trinajstić information content (AvgIpc) is 2.52. The third-order valence-electron chi connectivity index (χ3n) is 4.59. The first-order chi connectivity index (χ1) is 10.2. The molecule has 0 spiro atoms. The Labute approximate surface area is 132 Å². The second kappa shape index (κ2) is 6.85. The van der Waals surface area contributed by atoms with E-state index < -0.39 is 0 Å². The van der Waals surface area contributed by atoms with Gasteiger partial charge in [0.1, 0.15) is 0 Å². The molecule has 2 aromatic rings. The van der Waals surface area contributed by atoms with E-state index in [2.05, 4.69) is 61.0 Å². The van der Waals surface area contributed by atoms with Crippen LogP contribution in [0, 0.1) is 5.92 Å². The molecule has 1 nitrogen and oxygen atoms in total. The van der Waals surface area contributed by atoms with Gasteiger partial charge in [-0.3, -0.25) is 4.72 Å². The second-order valence-corrected chi connectivity index (χ2v) is 7.56. The molecule has 1 N–H and O–H groups in total. The number of hydrogen-bond donors (Lipinski definition) is 1. The maximum atomic E-state index is 3.70. The Morgan fingerprint density at radius 2 is 1.90 bits per heavy atom. The van der Waals surface area contributed by atoms with Crippen LogP contribution in [0.3, 0.4) is 0 Å². The van der Waals surface area contributed by atoms with E-state index in [9.17, 15) is 0 Å². The summed E-state index contributed by atoms with van der Waals surface area (Å²) in [7, 11) is 0. The number of rotatable bonds is 4. The van der Waals surface area contributed by atoms with Crippen LogP contribution in [-0.4, -0.2) is 5.25 Å². The molecule has 2 aromatic carbocycles. The predicted octanol–water partition coefficient (Wildman–Crippen LogP) is 5.72. The SMILES string of the molecule is CC1CCCC(SNC(C)c2cccc3ccccc23)C1. The Morgan fingerprint density at radius 3 is 2.76 bits per heavy atom. The average molecular weight is 299 g/mol. The van der Waals surface area contributed by atoms with Gasteiger partial charge < -0.3 is 0 Å². The van der Waals surface area contributed by atoms with Gasteiger partial charge in [0.25, 0.3) is 0 Å². The number of hydrogen-bond acceptors (Lipinski definition) is 2. The first kappa shape index (κ1) is 14.9. The van der Waals surface area contributed by atoms with E-state index in [-0.39, 0.29) is 0 Å². The van der Waals surface area contributed by atoms with E-state index in [0.29, 0.717) is 6.04 Å². The molecule has 21 heavy (non-hydrogen) atoms. The lowest BCUT2D eigenvalue weighted by molar-refractivity contribution is 0.393. The topological polar surface area (TPSA) is 12.0 Å². The second-order valence-electron chi connectivity index (χ2n) is 6.42. The van der Waals surface area contributed by atoms with Crippen molar-refractivity contribution in [2.75, 3.05) is 0 Å².